The van der Waals surface area contributed by atoms with Crippen molar-refractivity contribution in [1.29, 1.82) is 0 Å². The van der Waals surface area contributed by atoms with Crippen LogP contribution in [-0.4, -0.2) is 29.6 Å². The molecule has 144 valence electrons. The van der Waals surface area contributed by atoms with Gasteiger partial charge in [0.15, 0.2) is 6.10 Å². The van der Waals surface area contributed by atoms with Crippen LogP contribution in [0.4, 0.5) is 4.79 Å². The number of urea groups is 1. The van der Waals surface area contributed by atoms with Crippen LogP contribution in [0.3, 0.4) is 0 Å². The molecule has 6 heteroatoms. The van der Waals surface area contributed by atoms with E-state index in [2.05, 4.69) is 17.6 Å². The number of ether oxygens (including phenoxy) is 1. The van der Waals surface area contributed by atoms with Gasteiger partial charge in [-0.2, -0.15) is 0 Å². The monoisotopic (exact) mass is 362 g/mol. The third kappa shape index (κ3) is 8.65. The molecule has 0 heterocycles. The number of hydrogen-bond donors (Lipinski definition) is 2. The van der Waals surface area contributed by atoms with Crippen LogP contribution in [0.15, 0.2) is 24.3 Å². The summed E-state index contributed by atoms with van der Waals surface area (Å²) in [5, 5.41) is 4.77. The van der Waals surface area contributed by atoms with E-state index in [1.54, 1.807) is 20.8 Å². The van der Waals surface area contributed by atoms with Crippen molar-refractivity contribution < 1.29 is 19.1 Å². The number of esters is 1. The van der Waals surface area contributed by atoms with E-state index in [1.165, 1.54) is 12.5 Å². The molecular weight excluding hydrogens is 332 g/mol. The maximum absolute atomic E-state index is 12.0. The highest BCUT2D eigenvalue weighted by atomic mass is 16.5. The number of carbonyl (C=O) groups excluding carboxylic acids is 3. The minimum Gasteiger partial charge on any atom is -0.452 e. The summed E-state index contributed by atoms with van der Waals surface area (Å²) in [6.07, 6.45) is 2.34. The average Bonchev–Trinajstić information content (AvgIpc) is 2.52. The molecule has 6 nitrogen and oxygen atoms in total. The Morgan fingerprint density at radius 2 is 1.65 bits per heavy atom. The number of unbranched alkanes of at least 4 members (excludes halogenated alkanes) is 1. The molecule has 3 amide bonds. The second kappa shape index (κ2) is 9.94. The molecule has 26 heavy (non-hydrogen) atoms. The van der Waals surface area contributed by atoms with Crippen molar-refractivity contribution in [2.45, 2.75) is 71.9 Å². The lowest BCUT2D eigenvalue weighted by Gasteiger charge is -2.21. The van der Waals surface area contributed by atoms with Gasteiger partial charge in [0.2, 0.25) is 0 Å². The van der Waals surface area contributed by atoms with Gasteiger partial charge >= 0.3 is 12.0 Å². The molecule has 0 fully saturated rings. The minimum atomic E-state index is -1.04. The normalized spacial score (nSPS) is 12.2. The van der Waals surface area contributed by atoms with Crippen LogP contribution >= 0.6 is 0 Å². The summed E-state index contributed by atoms with van der Waals surface area (Å²) in [5.41, 5.74) is 1.60. The number of aryl methyl sites for hydroxylation is 1. The molecule has 0 aromatic heterocycles. The average molecular weight is 362 g/mol. The standard InChI is InChI=1S/C20H30N2O4/c1-6-7-8-15-9-11-16(12-10-15)13-17(23)26-14(2)18(24)21-19(25)22-20(3,4)5/h9-12,14H,6-8,13H2,1-5H3,(H2,21,22,24,25)/t14-/m1/s1. The Balaban J connectivity index is 2.46. The van der Waals surface area contributed by atoms with E-state index < -0.39 is 29.6 Å². The molecule has 0 bridgehead atoms. The Bertz CT molecular complexity index is 618. The zero-order valence-electron chi connectivity index (χ0n) is 16.3. The molecule has 0 aliphatic rings. The Hall–Kier alpha value is -2.37. The van der Waals surface area contributed by atoms with Crippen LogP contribution in [0.1, 0.15) is 58.6 Å². The first kappa shape index (κ1) is 21.7. The molecule has 0 saturated heterocycles. The fourth-order valence-electron chi connectivity index (χ4n) is 2.25. The summed E-state index contributed by atoms with van der Waals surface area (Å²) in [6.45, 7) is 8.98. The van der Waals surface area contributed by atoms with Crippen LogP contribution in [0.25, 0.3) is 0 Å². The number of benzene rings is 1. The summed E-state index contributed by atoms with van der Waals surface area (Å²) in [5.74, 6) is -1.17. The van der Waals surface area contributed by atoms with Crippen molar-refractivity contribution in [1.82, 2.24) is 10.6 Å². The van der Waals surface area contributed by atoms with Gasteiger partial charge in [-0.05, 0) is 51.7 Å². The molecule has 0 spiro atoms. The molecular formula is C20H30N2O4. The summed E-state index contributed by atoms with van der Waals surface area (Å²) in [6, 6.07) is 7.19. The van der Waals surface area contributed by atoms with Gasteiger partial charge in [0.25, 0.3) is 5.91 Å². The van der Waals surface area contributed by atoms with Crippen molar-refractivity contribution in [2.75, 3.05) is 0 Å². The number of amides is 3. The molecule has 2 N–H and O–H groups in total. The van der Waals surface area contributed by atoms with Crippen molar-refractivity contribution >= 4 is 17.9 Å². The number of rotatable bonds is 7. The lowest BCUT2D eigenvalue weighted by molar-refractivity contribution is -0.153. The number of hydrogen-bond acceptors (Lipinski definition) is 4. The van der Waals surface area contributed by atoms with Gasteiger partial charge in [-0.1, -0.05) is 37.6 Å². The van der Waals surface area contributed by atoms with Crippen LogP contribution in [-0.2, 0) is 27.2 Å². The Morgan fingerprint density at radius 3 is 2.19 bits per heavy atom. The lowest BCUT2D eigenvalue weighted by atomic mass is 10.1. The minimum absolute atomic E-state index is 0.0832. The lowest BCUT2D eigenvalue weighted by Crippen LogP contribution is -2.50. The van der Waals surface area contributed by atoms with Crippen molar-refractivity contribution in [2.24, 2.45) is 0 Å². The van der Waals surface area contributed by atoms with Crippen LogP contribution in [0.5, 0.6) is 0 Å². The van der Waals surface area contributed by atoms with Crippen LogP contribution in [0.2, 0.25) is 0 Å². The van der Waals surface area contributed by atoms with Crippen LogP contribution in [0, 0.1) is 0 Å². The smallest absolute Gasteiger partial charge is 0.321 e. The van der Waals surface area contributed by atoms with Crippen LogP contribution < -0.4 is 10.6 Å². The zero-order valence-corrected chi connectivity index (χ0v) is 16.3. The molecule has 0 unspecified atom stereocenters. The van der Waals surface area contributed by atoms with E-state index in [-0.39, 0.29) is 6.42 Å². The van der Waals surface area contributed by atoms with Gasteiger partial charge in [-0.3, -0.25) is 14.9 Å². The largest absolute Gasteiger partial charge is 0.452 e. The summed E-state index contributed by atoms with van der Waals surface area (Å²) in [4.78, 5) is 35.6. The topological polar surface area (TPSA) is 84.5 Å². The maximum atomic E-state index is 12.0. The highest BCUT2D eigenvalue weighted by molar-refractivity contribution is 5.97. The third-order valence-corrected chi connectivity index (χ3v) is 3.59. The second-order valence-corrected chi connectivity index (χ2v) is 7.42. The zero-order chi connectivity index (χ0) is 19.7. The summed E-state index contributed by atoms with van der Waals surface area (Å²) >= 11 is 0. The SMILES string of the molecule is CCCCc1ccc(CC(=O)O[C@H](C)C(=O)NC(=O)NC(C)(C)C)cc1. The molecule has 0 aliphatic carbocycles. The van der Waals surface area contributed by atoms with E-state index in [0.29, 0.717) is 0 Å². The first-order chi connectivity index (χ1) is 12.1. The third-order valence-electron chi connectivity index (χ3n) is 3.59. The highest BCUT2D eigenvalue weighted by Gasteiger charge is 2.22. The Morgan fingerprint density at radius 1 is 1.08 bits per heavy atom. The summed E-state index contributed by atoms with van der Waals surface area (Å²) in [7, 11) is 0. The maximum Gasteiger partial charge on any atom is 0.321 e. The summed E-state index contributed by atoms with van der Waals surface area (Å²) < 4.78 is 5.11. The van der Waals surface area contributed by atoms with E-state index in [0.717, 1.165) is 24.8 Å². The molecule has 0 aliphatic heterocycles. The van der Waals surface area contributed by atoms with Crippen molar-refractivity contribution in [3.8, 4) is 0 Å². The van der Waals surface area contributed by atoms with Gasteiger partial charge in [0, 0.05) is 5.54 Å². The molecule has 1 aromatic rings. The Labute approximate surface area is 155 Å². The molecule has 1 rings (SSSR count). The predicted octanol–water partition coefficient (Wildman–Crippen LogP) is 3.13. The van der Waals surface area contributed by atoms with Crippen molar-refractivity contribution in [3.05, 3.63) is 35.4 Å². The van der Waals surface area contributed by atoms with E-state index in [1.807, 2.05) is 24.3 Å². The number of carbonyl (C=O) groups is 3. The molecule has 1 atom stereocenters. The van der Waals surface area contributed by atoms with Gasteiger partial charge in [0.05, 0.1) is 6.42 Å². The van der Waals surface area contributed by atoms with E-state index in [9.17, 15) is 14.4 Å². The molecule has 0 saturated carbocycles. The number of imide groups is 1. The quantitative estimate of drug-likeness (QED) is 0.730. The fraction of sp³-hybridized carbons (Fsp3) is 0.550. The number of nitrogens with one attached hydrogen (secondary N) is 2. The van der Waals surface area contributed by atoms with Gasteiger partial charge in [0.1, 0.15) is 0 Å². The van der Waals surface area contributed by atoms with Gasteiger partial charge in [-0.15, -0.1) is 0 Å². The van der Waals surface area contributed by atoms with Crippen molar-refractivity contribution in [3.63, 3.8) is 0 Å². The van der Waals surface area contributed by atoms with E-state index >= 15 is 0 Å². The van der Waals surface area contributed by atoms with E-state index in [4.69, 9.17) is 4.74 Å². The molecule has 0 radical (unpaired) electrons. The Kier molecular flexibility index (Phi) is 8.29. The fourth-order valence-corrected chi connectivity index (χ4v) is 2.25. The van der Waals surface area contributed by atoms with Gasteiger partial charge in [-0.25, -0.2) is 4.79 Å². The molecule has 1 aromatic carbocycles. The van der Waals surface area contributed by atoms with Gasteiger partial charge < -0.3 is 10.1 Å². The predicted molar refractivity (Wildman–Crippen MR) is 101 cm³/mol. The second-order valence-electron chi connectivity index (χ2n) is 7.42. The first-order valence-corrected chi connectivity index (χ1v) is 9.01. The first-order valence-electron chi connectivity index (χ1n) is 9.01. The highest BCUT2D eigenvalue weighted by Crippen LogP contribution is 2.09.